The van der Waals surface area contributed by atoms with Crippen molar-refractivity contribution in [3.8, 4) is 6.07 Å². The molecule has 100 valence electrons. The number of fused-ring (bicyclic) bond motifs is 1. The summed E-state index contributed by atoms with van der Waals surface area (Å²) in [5.74, 6) is 0.794. The van der Waals surface area contributed by atoms with E-state index in [1.54, 1.807) is 0 Å². The van der Waals surface area contributed by atoms with E-state index in [0.717, 1.165) is 23.5 Å². The summed E-state index contributed by atoms with van der Waals surface area (Å²) in [4.78, 5) is 6.84. The van der Waals surface area contributed by atoms with Crippen LogP contribution in [0.15, 0.2) is 30.3 Å². The van der Waals surface area contributed by atoms with Gasteiger partial charge in [0.2, 0.25) is 0 Å². The van der Waals surface area contributed by atoms with Gasteiger partial charge in [-0.15, -0.1) is 0 Å². The number of nitrogens with zero attached hydrogens (tertiary/aromatic N) is 3. The van der Waals surface area contributed by atoms with Gasteiger partial charge in [-0.1, -0.05) is 18.2 Å². The topological polar surface area (TPSA) is 39.9 Å². The lowest BCUT2D eigenvalue weighted by Crippen LogP contribution is -2.26. The number of para-hydroxylation sites is 1. The average molecular weight is 263 g/mol. The molecule has 0 amide bonds. The minimum atomic E-state index is 0.327. The van der Waals surface area contributed by atoms with Crippen LogP contribution >= 0.6 is 0 Å². The van der Waals surface area contributed by atoms with Gasteiger partial charge < -0.3 is 4.90 Å². The predicted molar refractivity (Wildman–Crippen MR) is 80.2 cm³/mol. The molecular weight excluding hydrogens is 246 g/mol. The monoisotopic (exact) mass is 263 g/mol. The first-order chi connectivity index (χ1) is 9.61. The zero-order valence-electron chi connectivity index (χ0n) is 12.0. The van der Waals surface area contributed by atoms with E-state index in [-0.39, 0.29) is 0 Å². The van der Waals surface area contributed by atoms with Crippen LogP contribution in [0.5, 0.6) is 0 Å². The van der Waals surface area contributed by atoms with Crippen molar-refractivity contribution in [1.29, 1.82) is 5.26 Å². The van der Waals surface area contributed by atoms with Gasteiger partial charge >= 0.3 is 0 Å². The van der Waals surface area contributed by atoms with Gasteiger partial charge in [-0.25, -0.2) is 4.98 Å². The highest BCUT2D eigenvalue weighted by Gasteiger charge is 2.30. The molecule has 3 nitrogen and oxygen atoms in total. The third-order valence-electron chi connectivity index (χ3n) is 3.87. The molecule has 1 atom stereocenters. The molecule has 2 heterocycles. The molecule has 0 N–H and O–H groups in total. The molecule has 0 saturated carbocycles. The molecule has 1 aromatic heterocycles. The zero-order valence-corrected chi connectivity index (χ0v) is 12.0. The molecule has 1 aliphatic rings. The number of pyridine rings is 1. The second kappa shape index (κ2) is 4.64. The minimum absolute atomic E-state index is 0.327. The number of hydrogen-bond acceptors (Lipinski definition) is 3. The van der Waals surface area contributed by atoms with E-state index in [1.165, 1.54) is 11.3 Å². The van der Waals surface area contributed by atoms with Crippen LogP contribution in [0.4, 0.5) is 11.5 Å². The fourth-order valence-corrected chi connectivity index (χ4v) is 3.02. The Balaban J connectivity index is 2.22. The molecular formula is C17H17N3. The molecule has 0 radical (unpaired) electrons. The highest BCUT2D eigenvalue weighted by atomic mass is 15.2. The zero-order chi connectivity index (χ0) is 14.3. The van der Waals surface area contributed by atoms with Gasteiger partial charge in [0.1, 0.15) is 6.07 Å². The first kappa shape index (κ1) is 12.7. The summed E-state index contributed by atoms with van der Waals surface area (Å²) in [6.07, 6.45) is 0.996. The van der Waals surface area contributed by atoms with Crippen molar-refractivity contribution < 1.29 is 0 Å². The average Bonchev–Trinajstić information content (AvgIpc) is 2.73. The maximum absolute atomic E-state index is 9.47. The summed E-state index contributed by atoms with van der Waals surface area (Å²) < 4.78 is 0. The molecule has 3 rings (SSSR count). The number of aromatic nitrogens is 1. The standard InChI is InChI=1S/C17H17N3/c1-11-8-12(2)19-17(15(11)10-18)20-13(3)9-14-6-4-5-7-16(14)20/h4-8,13H,9H2,1-3H3. The number of rotatable bonds is 1. The molecule has 1 aliphatic heterocycles. The van der Waals surface area contributed by atoms with Crippen LogP contribution in [-0.2, 0) is 6.42 Å². The van der Waals surface area contributed by atoms with Crippen LogP contribution < -0.4 is 4.90 Å². The Morgan fingerprint density at radius 3 is 2.80 bits per heavy atom. The Labute approximate surface area is 119 Å². The normalized spacial score (nSPS) is 16.9. The molecule has 1 unspecified atom stereocenters. The van der Waals surface area contributed by atoms with E-state index in [1.807, 2.05) is 26.0 Å². The maximum atomic E-state index is 9.47. The molecule has 0 saturated heterocycles. The molecule has 0 aliphatic carbocycles. The van der Waals surface area contributed by atoms with Gasteiger partial charge in [-0.05, 0) is 50.5 Å². The van der Waals surface area contributed by atoms with Crippen molar-refractivity contribution in [2.24, 2.45) is 0 Å². The van der Waals surface area contributed by atoms with Crippen LogP contribution in [0.1, 0.15) is 29.3 Å². The van der Waals surface area contributed by atoms with E-state index in [2.05, 4.69) is 41.1 Å². The van der Waals surface area contributed by atoms with E-state index in [0.29, 0.717) is 11.6 Å². The lowest BCUT2D eigenvalue weighted by atomic mass is 10.1. The van der Waals surface area contributed by atoms with Crippen molar-refractivity contribution >= 4 is 11.5 Å². The Hall–Kier alpha value is -2.34. The smallest absolute Gasteiger partial charge is 0.151 e. The van der Waals surface area contributed by atoms with Gasteiger partial charge in [0.15, 0.2) is 5.82 Å². The molecule has 1 aromatic carbocycles. The molecule has 0 spiro atoms. The first-order valence-corrected chi connectivity index (χ1v) is 6.87. The molecule has 0 bridgehead atoms. The van der Waals surface area contributed by atoms with Gasteiger partial charge in [0, 0.05) is 17.4 Å². The summed E-state index contributed by atoms with van der Waals surface area (Å²) in [5, 5.41) is 9.47. The van der Waals surface area contributed by atoms with Crippen LogP contribution in [0.3, 0.4) is 0 Å². The van der Waals surface area contributed by atoms with E-state index >= 15 is 0 Å². The SMILES string of the molecule is Cc1cc(C)c(C#N)c(N2c3ccccc3CC2C)n1. The number of anilines is 2. The van der Waals surface area contributed by atoms with Crippen molar-refractivity contribution in [2.45, 2.75) is 33.2 Å². The molecule has 20 heavy (non-hydrogen) atoms. The number of nitriles is 1. The fraction of sp³-hybridized carbons (Fsp3) is 0.294. The second-order valence-corrected chi connectivity index (χ2v) is 5.44. The van der Waals surface area contributed by atoms with Crippen LogP contribution in [0.2, 0.25) is 0 Å². The molecule has 2 aromatic rings. The molecule has 3 heteroatoms. The summed E-state index contributed by atoms with van der Waals surface area (Å²) in [7, 11) is 0. The summed E-state index contributed by atoms with van der Waals surface area (Å²) in [6.45, 7) is 6.13. The highest BCUT2D eigenvalue weighted by Crippen LogP contribution is 2.39. The van der Waals surface area contributed by atoms with E-state index in [4.69, 9.17) is 0 Å². The van der Waals surface area contributed by atoms with Gasteiger partial charge in [-0.2, -0.15) is 5.26 Å². The van der Waals surface area contributed by atoms with Gasteiger partial charge in [-0.3, -0.25) is 0 Å². The first-order valence-electron chi connectivity index (χ1n) is 6.87. The number of benzene rings is 1. The highest BCUT2D eigenvalue weighted by molar-refractivity contribution is 5.73. The van der Waals surface area contributed by atoms with E-state index < -0.39 is 0 Å². The maximum Gasteiger partial charge on any atom is 0.151 e. The summed E-state index contributed by atoms with van der Waals surface area (Å²) in [5.41, 5.74) is 5.12. The van der Waals surface area contributed by atoms with Gasteiger partial charge in [0.25, 0.3) is 0 Å². The Morgan fingerprint density at radius 2 is 2.05 bits per heavy atom. The number of hydrogen-bond donors (Lipinski definition) is 0. The lowest BCUT2D eigenvalue weighted by molar-refractivity contribution is 0.748. The largest absolute Gasteiger partial charge is 0.322 e. The van der Waals surface area contributed by atoms with Crippen molar-refractivity contribution in [3.05, 3.63) is 52.7 Å². The quantitative estimate of drug-likeness (QED) is 0.788. The van der Waals surface area contributed by atoms with Crippen molar-refractivity contribution in [1.82, 2.24) is 4.98 Å². The third-order valence-corrected chi connectivity index (χ3v) is 3.87. The number of aryl methyl sites for hydroxylation is 2. The van der Waals surface area contributed by atoms with Crippen LogP contribution in [0.25, 0.3) is 0 Å². The summed E-state index contributed by atoms with van der Waals surface area (Å²) in [6, 6.07) is 13.0. The molecule has 0 fully saturated rings. The second-order valence-electron chi connectivity index (χ2n) is 5.44. The summed E-state index contributed by atoms with van der Waals surface area (Å²) >= 11 is 0. The predicted octanol–water partition coefficient (Wildman–Crippen LogP) is 3.65. The minimum Gasteiger partial charge on any atom is -0.322 e. The Morgan fingerprint density at radius 1 is 1.30 bits per heavy atom. The third kappa shape index (κ3) is 1.85. The Kier molecular flexibility index (Phi) is 2.94. The van der Waals surface area contributed by atoms with Crippen LogP contribution in [-0.4, -0.2) is 11.0 Å². The van der Waals surface area contributed by atoms with Crippen molar-refractivity contribution in [3.63, 3.8) is 0 Å². The van der Waals surface area contributed by atoms with E-state index in [9.17, 15) is 5.26 Å². The van der Waals surface area contributed by atoms with Gasteiger partial charge in [0.05, 0.1) is 5.56 Å². The fourth-order valence-electron chi connectivity index (χ4n) is 3.02. The van der Waals surface area contributed by atoms with Crippen LogP contribution in [0, 0.1) is 25.2 Å². The Bertz CT molecular complexity index is 713. The lowest BCUT2D eigenvalue weighted by Gasteiger charge is -2.25. The van der Waals surface area contributed by atoms with Crippen molar-refractivity contribution in [2.75, 3.05) is 4.90 Å².